The number of ether oxygens (including phenoxy) is 2. The molecule has 0 fully saturated rings. The van der Waals surface area contributed by atoms with Crippen molar-refractivity contribution in [1.29, 1.82) is 0 Å². The largest absolute Gasteiger partial charge is 0.497 e. The van der Waals surface area contributed by atoms with Gasteiger partial charge in [0.05, 0.1) is 14.2 Å². The van der Waals surface area contributed by atoms with Gasteiger partial charge >= 0.3 is 0 Å². The average Bonchev–Trinajstić information content (AvgIpc) is 2.41. The van der Waals surface area contributed by atoms with Gasteiger partial charge in [0, 0.05) is 23.4 Å². The van der Waals surface area contributed by atoms with Gasteiger partial charge in [-0.25, -0.2) is 9.97 Å². The summed E-state index contributed by atoms with van der Waals surface area (Å²) in [6.07, 6.45) is 1.70. The van der Waals surface area contributed by atoms with Crippen LogP contribution in [0.25, 0.3) is 11.4 Å². The van der Waals surface area contributed by atoms with Gasteiger partial charge in [-0.3, -0.25) is 0 Å². The molecule has 94 valence electrons. The molecule has 0 radical (unpaired) electrons. The summed E-state index contributed by atoms with van der Waals surface area (Å²) in [7, 11) is 3.20. The lowest BCUT2D eigenvalue weighted by molar-refractivity contribution is 0.394. The van der Waals surface area contributed by atoms with E-state index in [9.17, 15) is 0 Å². The number of nitrogens with two attached hydrogens (primary N) is 1. The Bertz CT molecular complexity index is 548. The van der Waals surface area contributed by atoms with Crippen molar-refractivity contribution in [2.45, 2.75) is 6.92 Å². The summed E-state index contributed by atoms with van der Waals surface area (Å²) in [5.41, 5.74) is 7.44. The Morgan fingerprint density at radius 3 is 2.17 bits per heavy atom. The van der Waals surface area contributed by atoms with Crippen molar-refractivity contribution >= 4 is 5.82 Å². The van der Waals surface area contributed by atoms with Crippen molar-refractivity contribution in [2.24, 2.45) is 0 Å². The van der Waals surface area contributed by atoms with Crippen LogP contribution in [0.2, 0.25) is 0 Å². The number of hydrogen-bond donors (Lipinski definition) is 1. The van der Waals surface area contributed by atoms with E-state index in [0.717, 1.165) is 11.1 Å². The van der Waals surface area contributed by atoms with E-state index in [1.807, 2.05) is 19.1 Å². The Balaban J connectivity index is 2.51. The molecule has 0 aliphatic heterocycles. The Morgan fingerprint density at radius 1 is 1.06 bits per heavy atom. The molecule has 0 atom stereocenters. The first kappa shape index (κ1) is 12.2. The summed E-state index contributed by atoms with van der Waals surface area (Å²) in [4.78, 5) is 8.51. The third kappa shape index (κ3) is 2.34. The quantitative estimate of drug-likeness (QED) is 0.896. The van der Waals surface area contributed by atoms with Gasteiger partial charge in [-0.2, -0.15) is 0 Å². The van der Waals surface area contributed by atoms with E-state index in [-0.39, 0.29) is 0 Å². The van der Waals surface area contributed by atoms with Crippen molar-refractivity contribution in [2.75, 3.05) is 20.0 Å². The fourth-order valence-corrected chi connectivity index (χ4v) is 1.53. The van der Waals surface area contributed by atoms with Gasteiger partial charge < -0.3 is 15.2 Å². The molecule has 1 heterocycles. The predicted molar refractivity (Wildman–Crippen MR) is 69.7 cm³/mol. The summed E-state index contributed by atoms with van der Waals surface area (Å²) in [5.74, 6) is 2.40. The SMILES string of the molecule is COc1cc(OC)cc(-c2ncc(C)c(N)n2)c1. The van der Waals surface area contributed by atoms with Crippen LogP contribution in [-0.4, -0.2) is 24.2 Å². The molecule has 0 saturated carbocycles. The van der Waals surface area contributed by atoms with Gasteiger partial charge in [0.25, 0.3) is 0 Å². The van der Waals surface area contributed by atoms with Gasteiger partial charge in [0.2, 0.25) is 0 Å². The Labute approximate surface area is 106 Å². The van der Waals surface area contributed by atoms with Gasteiger partial charge in [-0.1, -0.05) is 0 Å². The molecule has 1 aromatic heterocycles. The third-order valence-corrected chi connectivity index (χ3v) is 2.62. The normalized spacial score (nSPS) is 10.2. The highest BCUT2D eigenvalue weighted by atomic mass is 16.5. The predicted octanol–water partition coefficient (Wildman–Crippen LogP) is 2.05. The van der Waals surface area contributed by atoms with Crippen molar-refractivity contribution in [3.05, 3.63) is 30.0 Å². The Kier molecular flexibility index (Phi) is 3.32. The van der Waals surface area contributed by atoms with Crippen LogP contribution in [0.15, 0.2) is 24.4 Å². The fourth-order valence-electron chi connectivity index (χ4n) is 1.53. The third-order valence-electron chi connectivity index (χ3n) is 2.62. The van der Waals surface area contributed by atoms with Crippen molar-refractivity contribution in [3.8, 4) is 22.9 Å². The first-order valence-electron chi connectivity index (χ1n) is 5.46. The summed E-state index contributed by atoms with van der Waals surface area (Å²) in [6, 6.07) is 5.47. The number of nitrogens with zero attached hydrogens (tertiary/aromatic N) is 2. The smallest absolute Gasteiger partial charge is 0.161 e. The molecule has 5 nitrogen and oxygen atoms in total. The number of methoxy groups -OCH3 is 2. The molecule has 0 aliphatic rings. The van der Waals surface area contributed by atoms with Gasteiger partial charge in [0.1, 0.15) is 17.3 Å². The number of aromatic nitrogens is 2. The molecular weight excluding hydrogens is 230 g/mol. The maximum Gasteiger partial charge on any atom is 0.161 e. The Morgan fingerprint density at radius 2 is 1.67 bits per heavy atom. The van der Waals surface area contributed by atoms with E-state index >= 15 is 0 Å². The lowest BCUT2D eigenvalue weighted by Gasteiger charge is -2.08. The standard InChI is InChI=1S/C13H15N3O2/c1-8-7-15-13(16-12(8)14)9-4-10(17-2)6-11(5-9)18-3/h4-7H,1-3H3,(H2,14,15,16). The average molecular weight is 245 g/mol. The molecule has 1 aromatic carbocycles. The lowest BCUT2D eigenvalue weighted by atomic mass is 10.2. The minimum Gasteiger partial charge on any atom is -0.497 e. The number of aryl methyl sites for hydroxylation is 1. The number of anilines is 1. The first-order valence-corrected chi connectivity index (χ1v) is 5.46. The highest BCUT2D eigenvalue weighted by Crippen LogP contribution is 2.28. The second kappa shape index (κ2) is 4.91. The maximum absolute atomic E-state index is 5.79. The van der Waals surface area contributed by atoms with Gasteiger partial charge in [-0.05, 0) is 19.1 Å². The van der Waals surface area contributed by atoms with Crippen molar-refractivity contribution in [3.63, 3.8) is 0 Å². The van der Waals surface area contributed by atoms with Gasteiger partial charge in [-0.15, -0.1) is 0 Å². The van der Waals surface area contributed by atoms with E-state index in [0.29, 0.717) is 23.1 Å². The molecule has 18 heavy (non-hydrogen) atoms. The highest BCUT2D eigenvalue weighted by molar-refractivity contribution is 5.62. The Hall–Kier alpha value is -2.30. The molecule has 0 bridgehead atoms. The number of hydrogen-bond acceptors (Lipinski definition) is 5. The minimum absolute atomic E-state index is 0.474. The number of nitrogen functional groups attached to an aromatic ring is 1. The van der Waals surface area contributed by atoms with Crippen LogP contribution in [0.3, 0.4) is 0 Å². The zero-order valence-electron chi connectivity index (χ0n) is 10.6. The highest BCUT2D eigenvalue weighted by Gasteiger charge is 2.08. The molecule has 0 amide bonds. The van der Waals surface area contributed by atoms with E-state index in [4.69, 9.17) is 15.2 Å². The zero-order chi connectivity index (χ0) is 13.1. The molecule has 0 unspecified atom stereocenters. The lowest BCUT2D eigenvalue weighted by Crippen LogP contribution is -1.99. The molecule has 0 saturated heterocycles. The second-order valence-corrected chi connectivity index (χ2v) is 3.86. The van der Waals surface area contributed by atoms with Crippen LogP contribution >= 0.6 is 0 Å². The second-order valence-electron chi connectivity index (χ2n) is 3.86. The monoisotopic (exact) mass is 245 g/mol. The minimum atomic E-state index is 0.474. The van der Waals surface area contributed by atoms with E-state index in [1.165, 1.54) is 0 Å². The molecule has 0 spiro atoms. The zero-order valence-corrected chi connectivity index (χ0v) is 10.6. The van der Waals surface area contributed by atoms with Crippen LogP contribution in [0.5, 0.6) is 11.5 Å². The first-order chi connectivity index (χ1) is 8.63. The molecule has 2 rings (SSSR count). The molecule has 5 heteroatoms. The van der Waals surface area contributed by atoms with Crippen LogP contribution in [0.1, 0.15) is 5.56 Å². The van der Waals surface area contributed by atoms with Crippen LogP contribution in [0.4, 0.5) is 5.82 Å². The van der Waals surface area contributed by atoms with E-state index < -0.39 is 0 Å². The van der Waals surface area contributed by atoms with Crippen LogP contribution < -0.4 is 15.2 Å². The van der Waals surface area contributed by atoms with Crippen LogP contribution in [0, 0.1) is 6.92 Å². The van der Waals surface area contributed by atoms with Crippen molar-refractivity contribution in [1.82, 2.24) is 9.97 Å². The van der Waals surface area contributed by atoms with E-state index in [1.54, 1.807) is 26.5 Å². The van der Waals surface area contributed by atoms with Crippen molar-refractivity contribution < 1.29 is 9.47 Å². The number of benzene rings is 1. The molecular formula is C13H15N3O2. The summed E-state index contributed by atoms with van der Waals surface area (Å²) in [6.45, 7) is 1.87. The van der Waals surface area contributed by atoms with Gasteiger partial charge in [0.15, 0.2) is 5.82 Å². The maximum atomic E-state index is 5.79. The molecule has 2 aromatic rings. The van der Waals surface area contributed by atoms with E-state index in [2.05, 4.69) is 9.97 Å². The molecule has 0 aliphatic carbocycles. The summed E-state index contributed by atoms with van der Waals surface area (Å²) in [5, 5.41) is 0. The number of rotatable bonds is 3. The summed E-state index contributed by atoms with van der Waals surface area (Å²) < 4.78 is 10.4. The summed E-state index contributed by atoms with van der Waals surface area (Å²) >= 11 is 0. The molecule has 2 N–H and O–H groups in total. The topological polar surface area (TPSA) is 70.3 Å². The van der Waals surface area contributed by atoms with Crippen LogP contribution in [-0.2, 0) is 0 Å². The fraction of sp³-hybridized carbons (Fsp3) is 0.231.